The molecule has 2 aliphatic heterocycles. The van der Waals surface area contributed by atoms with Crippen LogP contribution in [0.25, 0.3) is 0 Å². The predicted molar refractivity (Wildman–Crippen MR) is 85.0 cm³/mol. The molecule has 3 amide bonds. The third-order valence-electron chi connectivity index (χ3n) is 3.47. The summed E-state index contributed by atoms with van der Waals surface area (Å²) in [6, 6.07) is 0. The Bertz CT molecular complexity index is 640. The fourth-order valence-electron chi connectivity index (χ4n) is 2.45. The normalized spacial score (nSPS) is 25.7. The number of ether oxygens (including phenoxy) is 2. The monoisotopic (exact) mass is 423 g/mol. The first kappa shape index (κ1) is 18.5. The summed E-state index contributed by atoms with van der Waals surface area (Å²) >= 11 is 4.15. The van der Waals surface area contributed by atoms with E-state index < -0.39 is 35.0 Å². The Morgan fingerprint density at radius 2 is 2.21 bits per heavy atom. The Labute approximate surface area is 148 Å². The van der Waals surface area contributed by atoms with Crippen LogP contribution in [-0.4, -0.2) is 69.8 Å². The van der Waals surface area contributed by atoms with E-state index in [1.165, 1.54) is 18.9 Å². The van der Waals surface area contributed by atoms with E-state index in [1.807, 2.05) is 0 Å². The van der Waals surface area contributed by atoms with Crippen LogP contribution in [0.5, 0.6) is 0 Å². The minimum atomic E-state index is -1.63. The number of aliphatic carboxylic acids is 1. The molecule has 2 atom stereocenters. The van der Waals surface area contributed by atoms with Gasteiger partial charge in [0.2, 0.25) is 5.91 Å². The molecule has 0 saturated carbocycles. The summed E-state index contributed by atoms with van der Waals surface area (Å²) in [5.41, 5.74) is 3.17. The van der Waals surface area contributed by atoms with Crippen LogP contribution in [0.15, 0.2) is 11.3 Å². The van der Waals surface area contributed by atoms with Crippen molar-refractivity contribution in [1.82, 2.24) is 10.2 Å². The first-order valence-electron chi connectivity index (χ1n) is 6.53. The lowest BCUT2D eigenvalue weighted by atomic mass is 9.98. The Balaban J connectivity index is 2.32. The van der Waals surface area contributed by atoms with Crippen molar-refractivity contribution in [2.24, 2.45) is 5.73 Å². The van der Waals surface area contributed by atoms with E-state index >= 15 is 0 Å². The summed E-state index contributed by atoms with van der Waals surface area (Å²) in [6.07, 6.45) is -1.05. The zero-order valence-electron chi connectivity index (χ0n) is 12.4. The molecule has 0 aromatic rings. The molecule has 0 radical (unpaired) electrons. The molecule has 1 fully saturated rings. The van der Waals surface area contributed by atoms with E-state index in [-0.39, 0.29) is 29.0 Å². The van der Waals surface area contributed by atoms with Crippen molar-refractivity contribution in [2.45, 2.75) is 11.1 Å². The number of hydrogen-bond donors (Lipinski definition) is 3. The molecular formula is C12H14BrN3O7S. The first-order valence-corrected chi connectivity index (χ1v) is 8.70. The maximum absolute atomic E-state index is 12.5. The number of carbonyl (C=O) groups excluding carboxylic acids is 3. The number of β-lactam (4-membered cyclic amide) rings is 1. The third kappa shape index (κ3) is 2.96. The van der Waals surface area contributed by atoms with Gasteiger partial charge in [0.25, 0.3) is 11.6 Å². The number of halogens is 1. The molecule has 2 rings (SSSR count). The standard InChI is InChI=1S/C12H14BrN3O7S/c1-22-12(15-6(17)2-13)9(20)16-7(8(18)19)5(3-23-11(14)21)4-24-10(12)16/h10H,2-4H2,1H3,(H2,14,21)(H,15,17)(H,18,19)/t10-,12+/m1/s1. The molecule has 2 aliphatic rings. The smallest absolute Gasteiger partial charge is 0.404 e. The fraction of sp³-hybridized carbons (Fsp3) is 0.500. The van der Waals surface area contributed by atoms with Gasteiger partial charge in [0.15, 0.2) is 0 Å². The largest absolute Gasteiger partial charge is 0.477 e. The Kier molecular flexibility index (Phi) is 5.40. The van der Waals surface area contributed by atoms with Crippen molar-refractivity contribution in [3.05, 3.63) is 11.3 Å². The predicted octanol–water partition coefficient (Wildman–Crippen LogP) is -0.811. The van der Waals surface area contributed by atoms with Crippen molar-refractivity contribution in [3.63, 3.8) is 0 Å². The molecule has 2 heterocycles. The minimum Gasteiger partial charge on any atom is -0.477 e. The van der Waals surface area contributed by atoms with Gasteiger partial charge in [-0.3, -0.25) is 14.5 Å². The minimum absolute atomic E-state index is 0.0396. The summed E-state index contributed by atoms with van der Waals surface area (Å²) < 4.78 is 9.83. The lowest BCUT2D eigenvalue weighted by Gasteiger charge is -2.55. The molecule has 1 saturated heterocycles. The number of amides is 3. The number of nitrogens with two attached hydrogens (primary N) is 1. The van der Waals surface area contributed by atoms with Crippen molar-refractivity contribution in [1.29, 1.82) is 0 Å². The lowest BCUT2D eigenvalue weighted by molar-refractivity contribution is -0.192. The maximum atomic E-state index is 12.5. The van der Waals surface area contributed by atoms with Gasteiger partial charge in [-0.2, -0.15) is 0 Å². The number of carboxylic acid groups (broad SMARTS) is 1. The van der Waals surface area contributed by atoms with E-state index in [9.17, 15) is 24.3 Å². The van der Waals surface area contributed by atoms with Crippen LogP contribution in [0.3, 0.4) is 0 Å². The van der Waals surface area contributed by atoms with Crippen molar-refractivity contribution < 1.29 is 33.8 Å². The SMILES string of the molecule is CO[C@@]1(NC(=O)CBr)C(=O)N2C(C(=O)O)=C(COC(N)=O)CS[C@@H]21. The molecule has 24 heavy (non-hydrogen) atoms. The second-order valence-corrected chi connectivity index (χ2v) is 6.45. The number of alkyl halides is 1. The van der Waals surface area contributed by atoms with Gasteiger partial charge in [-0.05, 0) is 0 Å². The van der Waals surface area contributed by atoms with Gasteiger partial charge in [-0.15, -0.1) is 11.8 Å². The summed E-state index contributed by atoms with van der Waals surface area (Å²) in [5.74, 6) is -2.38. The lowest BCUT2D eigenvalue weighted by Crippen LogP contribution is -2.80. The number of carboxylic acids is 1. The molecular weight excluding hydrogens is 410 g/mol. The van der Waals surface area contributed by atoms with Crippen LogP contribution in [0.2, 0.25) is 0 Å². The number of rotatable bonds is 6. The zero-order chi connectivity index (χ0) is 18.1. The number of nitrogens with zero attached hydrogens (tertiary/aromatic N) is 1. The van der Waals surface area contributed by atoms with E-state index in [0.29, 0.717) is 0 Å². The summed E-state index contributed by atoms with van der Waals surface area (Å²) in [6.45, 7) is -0.339. The molecule has 12 heteroatoms. The second kappa shape index (κ2) is 6.99. The number of carbonyl (C=O) groups is 4. The van der Waals surface area contributed by atoms with E-state index in [2.05, 4.69) is 26.0 Å². The summed E-state index contributed by atoms with van der Waals surface area (Å²) in [5, 5.41) is 11.1. The molecule has 0 bridgehead atoms. The number of methoxy groups -OCH3 is 1. The molecule has 0 spiro atoms. The van der Waals surface area contributed by atoms with Gasteiger partial charge in [-0.25, -0.2) is 9.59 Å². The molecule has 0 aliphatic carbocycles. The highest BCUT2D eigenvalue weighted by molar-refractivity contribution is 9.09. The van der Waals surface area contributed by atoms with Gasteiger partial charge < -0.3 is 25.6 Å². The van der Waals surface area contributed by atoms with Gasteiger partial charge in [-0.1, -0.05) is 15.9 Å². The van der Waals surface area contributed by atoms with E-state index in [1.54, 1.807) is 0 Å². The number of primary amides is 1. The maximum Gasteiger partial charge on any atom is 0.404 e. The number of fused-ring (bicyclic) bond motifs is 1. The highest BCUT2D eigenvalue weighted by Crippen LogP contribution is 2.46. The van der Waals surface area contributed by atoms with Gasteiger partial charge >= 0.3 is 12.1 Å². The average Bonchev–Trinajstić information content (AvgIpc) is 2.55. The van der Waals surface area contributed by atoms with Crippen molar-refractivity contribution >= 4 is 51.6 Å². The molecule has 0 aromatic carbocycles. The topological polar surface area (TPSA) is 148 Å². The van der Waals surface area contributed by atoms with Crippen LogP contribution < -0.4 is 11.1 Å². The van der Waals surface area contributed by atoms with Crippen molar-refractivity contribution in [3.8, 4) is 0 Å². The quantitative estimate of drug-likeness (QED) is 0.285. The van der Waals surface area contributed by atoms with Crippen LogP contribution in [-0.2, 0) is 23.9 Å². The third-order valence-corrected chi connectivity index (χ3v) is 5.35. The fourth-order valence-corrected chi connectivity index (χ4v) is 4.01. The van der Waals surface area contributed by atoms with Crippen LogP contribution in [0.4, 0.5) is 4.79 Å². The first-order chi connectivity index (χ1) is 11.3. The molecule has 4 N–H and O–H groups in total. The zero-order valence-corrected chi connectivity index (χ0v) is 14.8. The van der Waals surface area contributed by atoms with Gasteiger partial charge in [0.05, 0.1) is 5.33 Å². The average molecular weight is 424 g/mol. The van der Waals surface area contributed by atoms with Crippen LogP contribution in [0, 0.1) is 0 Å². The van der Waals surface area contributed by atoms with E-state index in [4.69, 9.17) is 10.5 Å². The highest BCUT2D eigenvalue weighted by Gasteiger charge is 2.66. The van der Waals surface area contributed by atoms with Crippen LogP contribution >= 0.6 is 27.7 Å². The van der Waals surface area contributed by atoms with Crippen LogP contribution in [0.1, 0.15) is 0 Å². The Morgan fingerprint density at radius 1 is 1.54 bits per heavy atom. The highest BCUT2D eigenvalue weighted by atomic mass is 79.9. The number of thioether (sulfide) groups is 1. The Hall–Kier alpha value is -1.79. The summed E-state index contributed by atoms with van der Waals surface area (Å²) in [4.78, 5) is 47.4. The number of nitrogens with one attached hydrogen (secondary N) is 1. The molecule has 0 unspecified atom stereocenters. The molecule has 10 nitrogen and oxygen atoms in total. The van der Waals surface area contributed by atoms with Crippen molar-refractivity contribution in [2.75, 3.05) is 24.8 Å². The molecule has 132 valence electrons. The van der Waals surface area contributed by atoms with E-state index in [0.717, 1.165) is 4.90 Å². The van der Waals surface area contributed by atoms with Gasteiger partial charge in [0.1, 0.15) is 17.7 Å². The van der Waals surface area contributed by atoms with Gasteiger partial charge in [0, 0.05) is 18.4 Å². The second-order valence-electron chi connectivity index (χ2n) is 4.83. The number of hydrogen-bond acceptors (Lipinski definition) is 7. The Morgan fingerprint density at radius 3 is 2.71 bits per heavy atom. The molecule has 0 aromatic heterocycles. The summed E-state index contributed by atoms with van der Waals surface area (Å²) in [7, 11) is 1.25.